The molecule has 2 aliphatic rings. The van der Waals surface area contributed by atoms with E-state index in [-0.39, 0.29) is 18.7 Å². The maximum atomic E-state index is 14.0. The van der Waals surface area contributed by atoms with E-state index in [1.165, 1.54) is 35.4 Å². The van der Waals surface area contributed by atoms with E-state index in [0.717, 1.165) is 6.42 Å². The highest BCUT2D eigenvalue weighted by atomic mass is 19.1. The minimum atomic E-state index is -1.30. The van der Waals surface area contributed by atoms with Crippen LogP contribution in [0.4, 0.5) is 4.39 Å². The average Bonchev–Trinajstić information content (AvgIpc) is 3.43. The van der Waals surface area contributed by atoms with E-state index in [4.69, 9.17) is 9.15 Å². The molecule has 3 atom stereocenters. The molecule has 2 aromatic rings. The number of amides is 2. The van der Waals surface area contributed by atoms with Gasteiger partial charge in [0.2, 0.25) is 11.8 Å². The smallest absolute Gasteiger partial charge is 0.309 e. The van der Waals surface area contributed by atoms with Gasteiger partial charge >= 0.3 is 5.97 Å². The lowest BCUT2D eigenvalue weighted by molar-refractivity contribution is -0.154. The topological polar surface area (TPSA) is 100 Å². The Morgan fingerprint density at radius 3 is 2.65 bits per heavy atom. The number of carboxylic acids is 1. The predicted molar refractivity (Wildman–Crippen MR) is 119 cm³/mol. The number of rotatable bonds is 7. The molecule has 4 rings (SSSR count). The molecule has 0 radical (unpaired) electrons. The molecule has 9 heteroatoms. The fourth-order valence-electron chi connectivity index (χ4n) is 5.33. The van der Waals surface area contributed by atoms with Gasteiger partial charge in [0.1, 0.15) is 23.2 Å². The first-order valence-corrected chi connectivity index (χ1v) is 11.5. The number of carbonyl (C=O) groups excluding carboxylic acids is 2. The average molecular weight is 473 g/mol. The molecule has 3 heterocycles. The Bertz CT molecular complexity index is 1020. The maximum Gasteiger partial charge on any atom is 0.309 e. The van der Waals surface area contributed by atoms with Crippen molar-refractivity contribution in [1.29, 1.82) is 0 Å². The van der Waals surface area contributed by atoms with Crippen molar-refractivity contribution in [2.45, 2.75) is 43.7 Å². The first-order chi connectivity index (χ1) is 16.4. The van der Waals surface area contributed by atoms with Crippen molar-refractivity contribution in [3.05, 3.63) is 59.8 Å². The van der Waals surface area contributed by atoms with Gasteiger partial charge in [0.05, 0.1) is 25.2 Å². The van der Waals surface area contributed by atoms with Crippen LogP contribution in [0.5, 0.6) is 0 Å². The van der Waals surface area contributed by atoms with Crippen molar-refractivity contribution < 1.29 is 33.0 Å². The van der Waals surface area contributed by atoms with Gasteiger partial charge in [0.15, 0.2) is 0 Å². The van der Waals surface area contributed by atoms with E-state index in [2.05, 4.69) is 0 Å². The van der Waals surface area contributed by atoms with Gasteiger partial charge in [-0.05, 0) is 55.5 Å². The number of furan rings is 1. The minimum Gasteiger partial charge on any atom is -0.481 e. The highest BCUT2D eigenvalue weighted by Gasteiger charge is 2.61. The number of nitrogens with zero attached hydrogens (tertiary/aromatic N) is 2. The van der Waals surface area contributed by atoms with Crippen molar-refractivity contribution in [2.24, 2.45) is 5.92 Å². The Hall–Kier alpha value is -3.20. The number of hydrogen-bond acceptors (Lipinski definition) is 5. The van der Waals surface area contributed by atoms with E-state index < -0.39 is 35.2 Å². The summed E-state index contributed by atoms with van der Waals surface area (Å²) in [6.45, 7) is 1.22. The second kappa shape index (κ2) is 9.97. The molecular formula is C25H29FN2O6. The Morgan fingerprint density at radius 2 is 2.00 bits per heavy atom. The molecule has 0 unspecified atom stereocenters. The SMILES string of the molecule is COCCN1CCCC[C@]2(C[C@H](C(=O)O)[C@H](c3ccco3)N2C(=O)Cc2ccc(F)cc2)C1=O. The molecule has 1 spiro atoms. The van der Waals surface area contributed by atoms with Gasteiger partial charge < -0.3 is 24.1 Å². The third-order valence-corrected chi connectivity index (χ3v) is 6.89. The molecule has 2 fully saturated rings. The molecular weight excluding hydrogens is 443 g/mol. The molecule has 2 amide bonds. The fourth-order valence-corrected chi connectivity index (χ4v) is 5.33. The molecule has 182 valence electrons. The van der Waals surface area contributed by atoms with Gasteiger partial charge in [-0.3, -0.25) is 14.4 Å². The van der Waals surface area contributed by atoms with E-state index in [0.29, 0.717) is 43.9 Å². The van der Waals surface area contributed by atoms with Gasteiger partial charge in [-0.2, -0.15) is 0 Å². The van der Waals surface area contributed by atoms with Crippen LogP contribution in [0.2, 0.25) is 0 Å². The second-order valence-electron chi connectivity index (χ2n) is 8.95. The Kier molecular flexibility index (Phi) is 7.02. The third kappa shape index (κ3) is 4.44. The zero-order valence-electron chi connectivity index (χ0n) is 19.1. The first kappa shape index (κ1) is 23.9. The highest BCUT2D eigenvalue weighted by molar-refractivity contribution is 5.95. The van der Waals surface area contributed by atoms with Crippen LogP contribution in [0.15, 0.2) is 47.1 Å². The van der Waals surface area contributed by atoms with Gasteiger partial charge in [0, 0.05) is 20.2 Å². The van der Waals surface area contributed by atoms with Crippen LogP contribution in [0.25, 0.3) is 0 Å². The number of hydrogen-bond donors (Lipinski definition) is 1. The summed E-state index contributed by atoms with van der Waals surface area (Å²) < 4.78 is 24.2. The Labute approximate surface area is 197 Å². The predicted octanol–water partition coefficient (Wildman–Crippen LogP) is 3.03. The third-order valence-electron chi connectivity index (χ3n) is 6.89. The van der Waals surface area contributed by atoms with Crippen LogP contribution < -0.4 is 0 Å². The summed E-state index contributed by atoms with van der Waals surface area (Å²) in [6, 6.07) is 7.94. The summed E-state index contributed by atoms with van der Waals surface area (Å²) in [7, 11) is 1.56. The minimum absolute atomic E-state index is 0.00513. The zero-order valence-corrected chi connectivity index (χ0v) is 19.1. The lowest BCUT2D eigenvalue weighted by Crippen LogP contribution is -2.58. The summed E-state index contributed by atoms with van der Waals surface area (Å²) in [4.78, 5) is 43.3. The normalized spacial score (nSPS) is 25.1. The standard InChI is InChI=1S/C25H29FN2O6/c1-33-14-12-27-11-3-2-10-25(24(27)32)16-19(23(30)31)22(20-5-4-13-34-20)28(25)21(29)15-17-6-8-18(26)9-7-17/h4-9,13,19,22H,2-3,10-12,14-16H2,1H3,(H,30,31)/t19-,22+,25-/m0/s1. The molecule has 2 saturated heterocycles. The lowest BCUT2D eigenvalue weighted by Gasteiger charge is -2.41. The molecule has 0 bridgehead atoms. The monoisotopic (exact) mass is 472 g/mol. The van der Waals surface area contributed by atoms with Crippen LogP contribution in [0.3, 0.4) is 0 Å². The van der Waals surface area contributed by atoms with Gasteiger partial charge in [0.25, 0.3) is 0 Å². The molecule has 1 aromatic heterocycles. The number of aliphatic carboxylic acids is 1. The molecule has 0 saturated carbocycles. The van der Waals surface area contributed by atoms with Crippen molar-refractivity contribution in [3.8, 4) is 0 Å². The summed E-state index contributed by atoms with van der Waals surface area (Å²) in [6.07, 6.45) is 3.14. The summed E-state index contributed by atoms with van der Waals surface area (Å²) in [5, 5.41) is 10.1. The lowest BCUT2D eigenvalue weighted by atomic mass is 9.85. The van der Waals surface area contributed by atoms with Crippen LogP contribution >= 0.6 is 0 Å². The number of likely N-dealkylation sites (tertiary alicyclic amines) is 2. The van der Waals surface area contributed by atoms with Crippen molar-refractivity contribution in [3.63, 3.8) is 0 Å². The number of methoxy groups -OCH3 is 1. The highest BCUT2D eigenvalue weighted by Crippen LogP contribution is 2.51. The van der Waals surface area contributed by atoms with Crippen molar-refractivity contribution in [1.82, 2.24) is 9.80 Å². The maximum absolute atomic E-state index is 14.0. The summed E-state index contributed by atoms with van der Waals surface area (Å²) >= 11 is 0. The Balaban J connectivity index is 1.79. The Morgan fingerprint density at radius 1 is 1.24 bits per heavy atom. The number of carboxylic acid groups (broad SMARTS) is 1. The molecule has 2 aliphatic heterocycles. The second-order valence-corrected chi connectivity index (χ2v) is 8.95. The number of ether oxygens (including phenoxy) is 1. The van der Waals surface area contributed by atoms with Gasteiger partial charge in [-0.1, -0.05) is 12.1 Å². The quantitative estimate of drug-likeness (QED) is 0.665. The summed E-state index contributed by atoms with van der Waals surface area (Å²) in [5.41, 5.74) is -0.724. The van der Waals surface area contributed by atoms with Crippen molar-refractivity contribution >= 4 is 17.8 Å². The fraction of sp³-hybridized carbons (Fsp3) is 0.480. The van der Waals surface area contributed by atoms with Crippen LogP contribution in [-0.4, -0.2) is 65.0 Å². The molecule has 34 heavy (non-hydrogen) atoms. The molecule has 8 nitrogen and oxygen atoms in total. The molecule has 0 aliphatic carbocycles. The van der Waals surface area contributed by atoms with E-state index >= 15 is 0 Å². The van der Waals surface area contributed by atoms with Crippen molar-refractivity contribution in [2.75, 3.05) is 26.8 Å². The number of carbonyl (C=O) groups is 3. The van der Waals surface area contributed by atoms with Crippen LogP contribution in [-0.2, 0) is 25.5 Å². The largest absolute Gasteiger partial charge is 0.481 e. The zero-order chi connectivity index (χ0) is 24.3. The number of benzene rings is 1. The van der Waals surface area contributed by atoms with Crippen LogP contribution in [0, 0.1) is 11.7 Å². The van der Waals surface area contributed by atoms with Gasteiger partial charge in [-0.15, -0.1) is 0 Å². The molecule has 1 N–H and O–H groups in total. The van der Waals surface area contributed by atoms with Gasteiger partial charge in [-0.25, -0.2) is 4.39 Å². The first-order valence-electron chi connectivity index (χ1n) is 11.5. The van der Waals surface area contributed by atoms with Crippen LogP contribution in [0.1, 0.15) is 43.0 Å². The van der Waals surface area contributed by atoms with E-state index in [1.807, 2.05) is 0 Å². The molecule has 1 aromatic carbocycles. The van der Waals surface area contributed by atoms with E-state index in [9.17, 15) is 23.9 Å². The number of halogens is 1. The summed E-state index contributed by atoms with van der Waals surface area (Å²) in [5.74, 6) is -2.82. The van der Waals surface area contributed by atoms with E-state index in [1.54, 1.807) is 24.1 Å².